The van der Waals surface area contributed by atoms with Crippen LogP contribution in [-0.4, -0.2) is 4.57 Å². The highest BCUT2D eigenvalue weighted by Crippen LogP contribution is 2.41. The van der Waals surface area contributed by atoms with Crippen LogP contribution in [0.25, 0.3) is 22.4 Å². The Labute approximate surface area is 184 Å². The number of hydrogen-bond acceptors (Lipinski definition) is 2. The van der Waals surface area contributed by atoms with Gasteiger partial charge >= 0.3 is 0 Å². The monoisotopic (exact) mass is 461 g/mol. The summed E-state index contributed by atoms with van der Waals surface area (Å²) in [7, 11) is 1.98. The number of benzene rings is 3. The zero-order valence-corrected chi connectivity index (χ0v) is 18.6. The standard InChI is InChI=1S/C25H20BrNOS/c1-17-8-14-21(15-9-17)28-25-22(18-6-4-3-5-7-18)16-23(29)27(2)24(25)19-10-12-20(26)13-11-19/h3-16H,1-2H3. The second kappa shape index (κ2) is 8.36. The fourth-order valence-corrected chi connectivity index (χ4v) is 3.74. The molecular formula is C25H20BrNOS. The molecule has 0 aliphatic heterocycles. The summed E-state index contributed by atoms with van der Waals surface area (Å²) in [4.78, 5) is 0. The van der Waals surface area contributed by atoms with E-state index in [-0.39, 0.29) is 0 Å². The number of pyridine rings is 1. The van der Waals surface area contributed by atoms with Crippen molar-refractivity contribution >= 4 is 28.1 Å². The number of nitrogens with zero attached hydrogens (tertiary/aromatic N) is 1. The third-order valence-corrected chi connectivity index (χ3v) is 5.76. The van der Waals surface area contributed by atoms with Gasteiger partial charge in [0.1, 0.15) is 10.4 Å². The van der Waals surface area contributed by atoms with E-state index in [9.17, 15) is 0 Å². The zero-order valence-electron chi connectivity index (χ0n) is 16.2. The number of aryl methyl sites for hydroxylation is 1. The predicted molar refractivity (Wildman–Crippen MR) is 126 cm³/mol. The quantitative estimate of drug-likeness (QED) is 0.286. The Bertz CT molecular complexity index is 1200. The molecule has 0 fully saturated rings. The van der Waals surface area contributed by atoms with Gasteiger partial charge in [-0.2, -0.15) is 0 Å². The van der Waals surface area contributed by atoms with Crippen LogP contribution in [0.15, 0.2) is 89.4 Å². The van der Waals surface area contributed by atoms with Crippen molar-refractivity contribution in [2.45, 2.75) is 6.92 Å². The molecule has 3 aromatic carbocycles. The normalized spacial score (nSPS) is 10.7. The predicted octanol–water partition coefficient (Wildman–Crippen LogP) is 7.95. The first-order chi connectivity index (χ1) is 14.0. The van der Waals surface area contributed by atoms with Gasteiger partial charge in [0.05, 0.1) is 5.69 Å². The van der Waals surface area contributed by atoms with Crippen LogP contribution in [0, 0.1) is 11.6 Å². The Morgan fingerprint density at radius 3 is 2.14 bits per heavy atom. The molecule has 0 bridgehead atoms. The molecule has 0 N–H and O–H groups in total. The first kappa shape index (κ1) is 19.6. The van der Waals surface area contributed by atoms with Crippen LogP contribution in [-0.2, 0) is 7.05 Å². The van der Waals surface area contributed by atoms with Crippen molar-refractivity contribution in [1.29, 1.82) is 0 Å². The van der Waals surface area contributed by atoms with Crippen molar-refractivity contribution in [2.75, 3.05) is 0 Å². The molecular weight excluding hydrogens is 442 g/mol. The number of hydrogen-bond donors (Lipinski definition) is 0. The maximum Gasteiger partial charge on any atom is 0.159 e. The lowest BCUT2D eigenvalue weighted by atomic mass is 10.0. The molecule has 0 saturated carbocycles. The van der Waals surface area contributed by atoms with Crippen molar-refractivity contribution in [3.63, 3.8) is 0 Å². The van der Waals surface area contributed by atoms with Gasteiger partial charge in [0.2, 0.25) is 0 Å². The highest BCUT2D eigenvalue weighted by molar-refractivity contribution is 9.10. The molecule has 0 atom stereocenters. The van der Waals surface area contributed by atoms with Gasteiger partial charge in [0.25, 0.3) is 0 Å². The van der Waals surface area contributed by atoms with Crippen LogP contribution in [0.1, 0.15) is 5.56 Å². The summed E-state index contributed by atoms with van der Waals surface area (Å²) in [6.07, 6.45) is 0. The minimum atomic E-state index is 0.748. The Morgan fingerprint density at radius 2 is 1.48 bits per heavy atom. The number of halogens is 1. The molecule has 0 aliphatic rings. The SMILES string of the molecule is Cc1ccc(Oc2c(-c3ccccc3)cc(=S)n(C)c2-c2ccc(Br)cc2)cc1. The third kappa shape index (κ3) is 4.19. The Morgan fingerprint density at radius 1 is 0.828 bits per heavy atom. The van der Waals surface area contributed by atoms with Crippen LogP contribution >= 0.6 is 28.1 Å². The molecule has 4 heteroatoms. The molecule has 0 amide bonds. The second-order valence-corrected chi connectivity index (χ2v) is 8.25. The van der Waals surface area contributed by atoms with Crippen molar-refractivity contribution in [1.82, 2.24) is 4.57 Å². The second-order valence-electron chi connectivity index (χ2n) is 6.92. The van der Waals surface area contributed by atoms with Crippen molar-refractivity contribution in [2.24, 2.45) is 7.05 Å². The summed E-state index contributed by atoms with van der Waals surface area (Å²) < 4.78 is 10.3. The van der Waals surface area contributed by atoms with Crippen LogP contribution in [0.3, 0.4) is 0 Å². The lowest BCUT2D eigenvalue weighted by Gasteiger charge is -2.20. The maximum atomic E-state index is 6.49. The topological polar surface area (TPSA) is 14.2 Å². The molecule has 0 aliphatic carbocycles. The van der Waals surface area contributed by atoms with E-state index < -0.39 is 0 Å². The summed E-state index contributed by atoms with van der Waals surface area (Å²) in [5.41, 5.74) is 5.23. The van der Waals surface area contributed by atoms with Gasteiger partial charge in [-0.05, 0) is 42.8 Å². The van der Waals surface area contributed by atoms with E-state index in [0.717, 1.165) is 43.0 Å². The van der Waals surface area contributed by atoms with E-state index >= 15 is 0 Å². The molecule has 4 rings (SSSR count). The van der Waals surface area contributed by atoms with Crippen LogP contribution in [0.5, 0.6) is 11.5 Å². The van der Waals surface area contributed by atoms with E-state index in [2.05, 4.69) is 59.3 Å². The highest BCUT2D eigenvalue weighted by Gasteiger charge is 2.18. The lowest BCUT2D eigenvalue weighted by molar-refractivity contribution is 0.481. The molecule has 0 saturated heterocycles. The summed E-state index contributed by atoms with van der Waals surface area (Å²) in [5, 5.41) is 0. The average Bonchev–Trinajstić information content (AvgIpc) is 2.74. The Balaban J connectivity index is 1.99. The number of rotatable bonds is 4. The summed E-state index contributed by atoms with van der Waals surface area (Å²) >= 11 is 9.22. The fourth-order valence-electron chi connectivity index (χ4n) is 3.27. The number of aromatic nitrogens is 1. The molecule has 0 spiro atoms. The average molecular weight is 462 g/mol. The molecule has 1 heterocycles. The first-order valence-electron chi connectivity index (χ1n) is 9.33. The minimum absolute atomic E-state index is 0.748. The van der Waals surface area contributed by atoms with Crippen LogP contribution < -0.4 is 4.74 Å². The van der Waals surface area contributed by atoms with Crippen LogP contribution in [0.2, 0.25) is 0 Å². The van der Waals surface area contributed by atoms with Crippen molar-refractivity contribution in [3.05, 3.63) is 99.6 Å². The molecule has 0 unspecified atom stereocenters. The van der Waals surface area contributed by atoms with E-state index in [1.54, 1.807) is 0 Å². The molecule has 29 heavy (non-hydrogen) atoms. The van der Waals surface area contributed by atoms with E-state index in [0.29, 0.717) is 0 Å². The first-order valence-corrected chi connectivity index (χ1v) is 10.5. The Kier molecular flexibility index (Phi) is 5.65. The van der Waals surface area contributed by atoms with Crippen LogP contribution in [0.4, 0.5) is 0 Å². The Hall–Kier alpha value is -2.69. The van der Waals surface area contributed by atoms with Gasteiger partial charge in [-0.25, -0.2) is 0 Å². The summed E-state index contributed by atoms with van der Waals surface area (Å²) in [6, 6.07) is 28.6. The molecule has 2 nitrogen and oxygen atoms in total. The minimum Gasteiger partial charge on any atom is -0.454 e. The number of ether oxygens (including phenoxy) is 1. The van der Waals surface area contributed by atoms with E-state index in [1.165, 1.54) is 5.56 Å². The molecule has 0 radical (unpaired) electrons. The molecule has 1 aromatic heterocycles. The maximum absolute atomic E-state index is 6.49. The molecule has 4 aromatic rings. The summed E-state index contributed by atoms with van der Waals surface area (Å²) in [6.45, 7) is 2.07. The zero-order chi connectivity index (χ0) is 20.4. The lowest BCUT2D eigenvalue weighted by Crippen LogP contribution is -2.03. The van der Waals surface area contributed by atoms with E-state index in [4.69, 9.17) is 17.0 Å². The summed E-state index contributed by atoms with van der Waals surface area (Å²) in [5.74, 6) is 1.58. The fraction of sp³-hybridized carbons (Fsp3) is 0.0800. The highest BCUT2D eigenvalue weighted by atomic mass is 79.9. The van der Waals surface area contributed by atoms with Gasteiger partial charge in [-0.1, -0.05) is 88.3 Å². The van der Waals surface area contributed by atoms with Crippen molar-refractivity contribution < 1.29 is 4.74 Å². The van der Waals surface area contributed by atoms with Gasteiger partial charge < -0.3 is 9.30 Å². The smallest absolute Gasteiger partial charge is 0.159 e. The van der Waals surface area contributed by atoms with Gasteiger partial charge in [-0.3, -0.25) is 0 Å². The van der Waals surface area contributed by atoms with Gasteiger partial charge in [-0.15, -0.1) is 0 Å². The van der Waals surface area contributed by atoms with E-state index in [1.807, 2.05) is 60.1 Å². The van der Waals surface area contributed by atoms with Gasteiger partial charge in [0.15, 0.2) is 5.75 Å². The third-order valence-electron chi connectivity index (χ3n) is 4.84. The largest absolute Gasteiger partial charge is 0.454 e. The van der Waals surface area contributed by atoms with Gasteiger partial charge in [0, 0.05) is 22.6 Å². The molecule has 144 valence electrons. The van der Waals surface area contributed by atoms with Crippen molar-refractivity contribution in [3.8, 4) is 33.9 Å².